The summed E-state index contributed by atoms with van der Waals surface area (Å²) in [6, 6.07) is 1.25. The van der Waals surface area contributed by atoms with E-state index in [-0.39, 0.29) is 11.4 Å². The Bertz CT molecular complexity index is 455. The minimum Gasteiger partial charge on any atom is -0.407 e. The zero-order valence-corrected chi connectivity index (χ0v) is 9.04. The van der Waals surface area contributed by atoms with Gasteiger partial charge in [-0.25, -0.2) is 0 Å². The third-order valence-corrected chi connectivity index (χ3v) is 3.02. The molecule has 1 aromatic heterocycles. The number of nitrogens with zero attached hydrogens (tertiary/aromatic N) is 2. The number of hydrogen-bond donors (Lipinski definition) is 0. The number of ether oxygens (including phenoxy) is 1. The molecule has 80 valence electrons. The molecule has 1 aliphatic rings. The van der Waals surface area contributed by atoms with Crippen molar-refractivity contribution in [1.29, 1.82) is 0 Å². The molecule has 6 heteroatoms. The van der Waals surface area contributed by atoms with Gasteiger partial charge in [-0.3, -0.25) is 14.2 Å². The second kappa shape index (κ2) is 4.06. The van der Waals surface area contributed by atoms with E-state index in [1.54, 1.807) is 4.57 Å². The second-order valence-electron chi connectivity index (χ2n) is 3.16. The maximum Gasteiger partial charge on any atom is 0.309 e. The van der Waals surface area contributed by atoms with Gasteiger partial charge in [0.25, 0.3) is 5.56 Å². The number of esters is 1. The summed E-state index contributed by atoms with van der Waals surface area (Å²) in [5, 5.41) is 0.630. The summed E-state index contributed by atoms with van der Waals surface area (Å²) in [6.07, 6.45) is 0.964. The van der Waals surface area contributed by atoms with E-state index in [9.17, 15) is 9.59 Å². The van der Waals surface area contributed by atoms with Crippen LogP contribution in [0.1, 0.15) is 13.3 Å². The van der Waals surface area contributed by atoms with E-state index in [0.29, 0.717) is 11.7 Å². The highest BCUT2D eigenvalue weighted by atomic mass is 32.2. The van der Waals surface area contributed by atoms with Gasteiger partial charge in [0.15, 0.2) is 5.16 Å². The van der Waals surface area contributed by atoms with Crippen LogP contribution >= 0.6 is 11.8 Å². The maximum atomic E-state index is 11.6. The summed E-state index contributed by atoms with van der Waals surface area (Å²) in [7, 11) is 0. The minimum atomic E-state index is -0.465. The quantitative estimate of drug-likeness (QED) is 0.520. The van der Waals surface area contributed by atoms with Crippen molar-refractivity contribution in [2.45, 2.75) is 25.0 Å². The van der Waals surface area contributed by atoms with E-state index in [2.05, 4.69) is 4.98 Å². The predicted octanol–water partition coefficient (Wildman–Crippen LogP) is 0.664. The summed E-state index contributed by atoms with van der Waals surface area (Å²) in [5.41, 5.74) is -0.163. The first-order chi connectivity index (χ1) is 7.16. The summed E-state index contributed by atoms with van der Waals surface area (Å²) in [4.78, 5) is 26.4. The molecule has 0 saturated heterocycles. The third kappa shape index (κ3) is 2.20. The molecule has 0 saturated carbocycles. The van der Waals surface area contributed by atoms with Gasteiger partial charge in [-0.2, -0.15) is 4.98 Å². The zero-order valence-electron chi connectivity index (χ0n) is 8.23. The van der Waals surface area contributed by atoms with Gasteiger partial charge in [0.1, 0.15) is 0 Å². The Morgan fingerprint density at radius 2 is 2.47 bits per heavy atom. The molecule has 1 aromatic rings. The standard InChI is InChI=1S/C9H10N2O3S/c1-6(12)14-7-5-8(13)11-3-2-4-15-9(11)10-7/h5H,2-4H2,1H3. The fraction of sp³-hybridized carbons (Fsp3) is 0.444. The summed E-state index contributed by atoms with van der Waals surface area (Å²) < 4.78 is 6.38. The van der Waals surface area contributed by atoms with Crippen molar-refractivity contribution in [3.63, 3.8) is 0 Å². The molecular weight excluding hydrogens is 216 g/mol. The van der Waals surface area contributed by atoms with E-state index in [4.69, 9.17) is 4.74 Å². The number of hydrogen-bond acceptors (Lipinski definition) is 5. The van der Waals surface area contributed by atoms with Crippen molar-refractivity contribution < 1.29 is 9.53 Å². The lowest BCUT2D eigenvalue weighted by Gasteiger charge is -2.16. The SMILES string of the molecule is CC(=O)Oc1cc(=O)n2c(n1)SCCC2. The van der Waals surface area contributed by atoms with Crippen molar-refractivity contribution >= 4 is 17.7 Å². The van der Waals surface area contributed by atoms with Crippen molar-refractivity contribution in [2.75, 3.05) is 5.75 Å². The Hall–Kier alpha value is -1.30. The third-order valence-electron chi connectivity index (χ3n) is 1.96. The highest BCUT2D eigenvalue weighted by Gasteiger charge is 2.14. The van der Waals surface area contributed by atoms with E-state index in [1.165, 1.54) is 24.8 Å². The fourth-order valence-corrected chi connectivity index (χ4v) is 2.31. The van der Waals surface area contributed by atoms with Gasteiger partial charge >= 0.3 is 5.97 Å². The van der Waals surface area contributed by atoms with Crippen LogP contribution in [0.25, 0.3) is 0 Å². The molecule has 0 aromatic carbocycles. The van der Waals surface area contributed by atoms with Crippen LogP contribution in [0.15, 0.2) is 16.0 Å². The van der Waals surface area contributed by atoms with E-state index >= 15 is 0 Å². The van der Waals surface area contributed by atoms with Gasteiger partial charge < -0.3 is 4.74 Å². The van der Waals surface area contributed by atoms with E-state index in [0.717, 1.165) is 12.2 Å². The molecule has 0 unspecified atom stereocenters. The van der Waals surface area contributed by atoms with Gasteiger partial charge in [-0.15, -0.1) is 0 Å². The number of fused-ring (bicyclic) bond motifs is 1. The molecule has 2 rings (SSSR count). The first kappa shape index (κ1) is 10.2. The number of carbonyl (C=O) groups excluding carboxylic acids is 1. The fourth-order valence-electron chi connectivity index (χ4n) is 1.37. The predicted molar refractivity (Wildman–Crippen MR) is 55.1 cm³/mol. The van der Waals surface area contributed by atoms with Crippen LogP contribution in [0, 0.1) is 0 Å². The van der Waals surface area contributed by atoms with Gasteiger partial charge in [0, 0.05) is 19.2 Å². The Balaban J connectivity index is 2.40. The van der Waals surface area contributed by atoms with Crippen LogP contribution in [0.2, 0.25) is 0 Å². The Morgan fingerprint density at radius 3 is 3.20 bits per heavy atom. The van der Waals surface area contributed by atoms with E-state index < -0.39 is 5.97 Å². The average molecular weight is 226 g/mol. The van der Waals surface area contributed by atoms with Crippen molar-refractivity contribution in [1.82, 2.24) is 9.55 Å². The number of aromatic nitrogens is 2. The van der Waals surface area contributed by atoms with Crippen LogP contribution in [0.4, 0.5) is 0 Å². The monoisotopic (exact) mass is 226 g/mol. The molecule has 0 amide bonds. The lowest BCUT2D eigenvalue weighted by Crippen LogP contribution is -2.26. The Morgan fingerprint density at radius 1 is 1.67 bits per heavy atom. The maximum absolute atomic E-state index is 11.6. The first-order valence-electron chi connectivity index (χ1n) is 4.60. The van der Waals surface area contributed by atoms with Gasteiger partial charge in [-0.1, -0.05) is 11.8 Å². The van der Waals surface area contributed by atoms with Crippen LogP contribution in [-0.2, 0) is 11.3 Å². The molecule has 5 nitrogen and oxygen atoms in total. The number of thioether (sulfide) groups is 1. The molecule has 2 heterocycles. The normalized spacial score (nSPS) is 14.5. The lowest BCUT2D eigenvalue weighted by atomic mass is 10.4. The van der Waals surface area contributed by atoms with Gasteiger partial charge in [0.2, 0.25) is 5.88 Å². The van der Waals surface area contributed by atoms with Crippen LogP contribution in [0.5, 0.6) is 5.88 Å². The van der Waals surface area contributed by atoms with Crippen LogP contribution in [0.3, 0.4) is 0 Å². The Labute approximate surface area is 90.5 Å². The smallest absolute Gasteiger partial charge is 0.309 e. The summed E-state index contributed by atoms with van der Waals surface area (Å²) in [5.74, 6) is 0.566. The molecule has 0 spiro atoms. The first-order valence-corrected chi connectivity index (χ1v) is 5.58. The summed E-state index contributed by atoms with van der Waals surface area (Å²) >= 11 is 1.50. The van der Waals surface area contributed by atoms with Crippen LogP contribution in [-0.4, -0.2) is 21.3 Å². The van der Waals surface area contributed by atoms with Gasteiger partial charge in [0.05, 0.1) is 6.07 Å². The molecule has 0 radical (unpaired) electrons. The van der Waals surface area contributed by atoms with Crippen molar-refractivity contribution in [3.05, 3.63) is 16.4 Å². The topological polar surface area (TPSA) is 61.2 Å². The largest absolute Gasteiger partial charge is 0.407 e. The highest BCUT2D eigenvalue weighted by molar-refractivity contribution is 7.99. The lowest BCUT2D eigenvalue weighted by molar-refractivity contribution is -0.132. The minimum absolute atomic E-state index is 0.0909. The Kier molecular flexibility index (Phi) is 2.77. The molecule has 0 atom stereocenters. The number of carbonyl (C=O) groups is 1. The van der Waals surface area contributed by atoms with Crippen molar-refractivity contribution in [2.24, 2.45) is 0 Å². The molecule has 0 fully saturated rings. The molecule has 0 aliphatic carbocycles. The highest BCUT2D eigenvalue weighted by Crippen LogP contribution is 2.22. The number of rotatable bonds is 1. The van der Waals surface area contributed by atoms with Crippen LogP contribution < -0.4 is 10.3 Å². The molecular formula is C9H10N2O3S. The average Bonchev–Trinajstić information content (AvgIpc) is 2.16. The molecule has 0 N–H and O–H groups in total. The van der Waals surface area contributed by atoms with Gasteiger partial charge in [-0.05, 0) is 6.42 Å². The second-order valence-corrected chi connectivity index (χ2v) is 4.22. The van der Waals surface area contributed by atoms with E-state index in [1.807, 2.05) is 0 Å². The van der Waals surface area contributed by atoms with Crippen molar-refractivity contribution in [3.8, 4) is 5.88 Å². The molecule has 0 bridgehead atoms. The zero-order chi connectivity index (χ0) is 10.8. The summed E-state index contributed by atoms with van der Waals surface area (Å²) in [6.45, 7) is 1.97. The molecule has 1 aliphatic heterocycles. The molecule has 15 heavy (non-hydrogen) atoms.